The zero-order chi connectivity index (χ0) is 15.4. The number of unbranched alkanes of at least 4 members (excludes halogenated alkanes) is 1. The van der Waals surface area contributed by atoms with E-state index in [4.69, 9.17) is 4.98 Å². The van der Waals surface area contributed by atoms with E-state index < -0.39 is 0 Å². The van der Waals surface area contributed by atoms with Gasteiger partial charge in [-0.1, -0.05) is 41.0 Å². The maximum Gasteiger partial charge on any atom is 0.186 e. The average molecular weight is 310 g/mol. The minimum atomic E-state index is 0.506. The first-order valence-electron chi connectivity index (χ1n) is 8.52. The Bertz CT molecular complexity index is 435. The lowest BCUT2D eigenvalue weighted by atomic mass is 10.1. The van der Waals surface area contributed by atoms with Crippen LogP contribution in [0.25, 0.3) is 0 Å². The molecule has 1 aliphatic carbocycles. The van der Waals surface area contributed by atoms with Crippen LogP contribution in [-0.4, -0.2) is 23.6 Å². The van der Waals surface area contributed by atoms with Crippen molar-refractivity contribution in [2.45, 2.75) is 84.8 Å². The molecule has 0 saturated heterocycles. The summed E-state index contributed by atoms with van der Waals surface area (Å²) in [5.41, 5.74) is 1.30. The summed E-state index contributed by atoms with van der Waals surface area (Å²) in [6.45, 7) is 13.3. The molecule has 1 saturated carbocycles. The predicted octanol–water partition coefficient (Wildman–Crippen LogP) is 4.53. The largest absolute Gasteiger partial charge is 0.345 e. The summed E-state index contributed by atoms with van der Waals surface area (Å²) in [4.78, 5) is 9.00. The van der Waals surface area contributed by atoms with Crippen molar-refractivity contribution in [3.8, 4) is 0 Å². The van der Waals surface area contributed by atoms with Gasteiger partial charge in [-0.25, -0.2) is 4.98 Å². The first kappa shape index (κ1) is 16.8. The first-order chi connectivity index (χ1) is 10.0. The molecule has 0 atom stereocenters. The van der Waals surface area contributed by atoms with E-state index >= 15 is 0 Å². The van der Waals surface area contributed by atoms with E-state index in [-0.39, 0.29) is 0 Å². The van der Waals surface area contributed by atoms with Gasteiger partial charge in [-0.3, -0.25) is 0 Å². The monoisotopic (exact) mass is 309 g/mol. The molecular formula is C17H31N3S. The molecule has 0 unspecified atom stereocenters. The van der Waals surface area contributed by atoms with Gasteiger partial charge in [0.25, 0.3) is 0 Å². The van der Waals surface area contributed by atoms with Crippen molar-refractivity contribution in [3.05, 3.63) is 10.6 Å². The Hall–Kier alpha value is -0.610. The van der Waals surface area contributed by atoms with E-state index in [1.165, 1.54) is 47.9 Å². The van der Waals surface area contributed by atoms with E-state index in [0.717, 1.165) is 12.6 Å². The second kappa shape index (κ2) is 7.59. The van der Waals surface area contributed by atoms with Crippen molar-refractivity contribution >= 4 is 16.5 Å². The predicted molar refractivity (Wildman–Crippen MR) is 93.5 cm³/mol. The van der Waals surface area contributed by atoms with Crippen molar-refractivity contribution in [1.29, 1.82) is 0 Å². The van der Waals surface area contributed by atoms with Crippen LogP contribution in [0.1, 0.15) is 76.8 Å². The fraction of sp³-hybridized carbons (Fsp3) is 0.824. The van der Waals surface area contributed by atoms with E-state index in [1.807, 2.05) is 11.3 Å². The molecule has 21 heavy (non-hydrogen) atoms. The van der Waals surface area contributed by atoms with E-state index in [9.17, 15) is 0 Å². The summed E-state index contributed by atoms with van der Waals surface area (Å²) >= 11 is 1.91. The average Bonchev–Trinajstić information content (AvgIpc) is 3.16. The molecule has 4 heteroatoms. The molecule has 1 N–H and O–H groups in total. The van der Waals surface area contributed by atoms with Gasteiger partial charge in [0.05, 0.1) is 5.69 Å². The number of nitrogens with zero attached hydrogens (tertiary/aromatic N) is 2. The van der Waals surface area contributed by atoms with Crippen LogP contribution >= 0.6 is 11.3 Å². The maximum atomic E-state index is 5.01. The van der Waals surface area contributed by atoms with Gasteiger partial charge in [-0.15, -0.1) is 11.3 Å². The van der Waals surface area contributed by atoms with Gasteiger partial charge in [0.1, 0.15) is 0 Å². The quantitative estimate of drug-likeness (QED) is 0.726. The number of hydrogen-bond acceptors (Lipinski definition) is 4. The standard InChI is InChI=1S/C17H31N3S/c1-6-7-10-20(14-8-9-14)17-19-16(12(2)3)15(21-17)11-18-13(4)5/h12-14,18H,6-11H2,1-5H3. The lowest BCUT2D eigenvalue weighted by Gasteiger charge is -2.21. The van der Waals surface area contributed by atoms with Crippen molar-refractivity contribution in [2.75, 3.05) is 11.4 Å². The SMILES string of the molecule is CCCCN(c1nc(C(C)C)c(CNC(C)C)s1)C1CC1. The number of hydrogen-bond donors (Lipinski definition) is 1. The van der Waals surface area contributed by atoms with Crippen LogP contribution < -0.4 is 10.2 Å². The number of rotatable bonds is 9. The molecule has 1 aliphatic rings. The molecule has 0 spiro atoms. The minimum Gasteiger partial charge on any atom is -0.345 e. The molecule has 0 radical (unpaired) electrons. The molecule has 0 bridgehead atoms. The van der Waals surface area contributed by atoms with Crippen LogP contribution in [-0.2, 0) is 6.54 Å². The minimum absolute atomic E-state index is 0.506. The molecule has 1 fully saturated rings. The number of thiazole rings is 1. The molecule has 1 aromatic rings. The third-order valence-corrected chi connectivity index (χ3v) is 5.03. The van der Waals surface area contributed by atoms with Gasteiger partial charge in [0.2, 0.25) is 0 Å². The van der Waals surface area contributed by atoms with Crippen LogP contribution in [0.3, 0.4) is 0 Å². The Labute approximate surface area is 134 Å². The summed E-state index contributed by atoms with van der Waals surface area (Å²) in [7, 11) is 0. The molecule has 1 heterocycles. The van der Waals surface area contributed by atoms with Crippen molar-refractivity contribution in [2.24, 2.45) is 0 Å². The third-order valence-electron chi connectivity index (χ3n) is 3.92. The second-order valence-electron chi connectivity index (χ2n) is 6.77. The van der Waals surface area contributed by atoms with Crippen LogP contribution in [0.5, 0.6) is 0 Å². The summed E-state index contributed by atoms with van der Waals surface area (Å²) in [6, 6.07) is 1.28. The summed E-state index contributed by atoms with van der Waals surface area (Å²) < 4.78 is 0. The van der Waals surface area contributed by atoms with Crippen LogP contribution in [0.2, 0.25) is 0 Å². The highest BCUT2D eigenvalue weighted by atomic mass is 32.1. The zero-order valence-electron chi connectivity index (χ0n) is 14.3. The van der Waals surface area contributed by atoms with Crippen LogP contribution in [0, 0.1) is 0 Å². The Kier molecular flexibility index (Phi) is 6.06. The van der Waals surface area contributed by atoms with Gasteiger partial charge in [-0.2, -0.15) is 0 Å². The van der Waals surface area contributed by atoms with Gasteiger partial charge >= 0.3 is 0 Å². The van der Waals surface area contributed by atoms with E-state index in [1.54, 1.807) is 0 Å². The maximum absolute atomic E-state index is 5.01. The van der Waals surface area contributed by atoms with Gasteiger partial charge in [0, 0.05) is 30.1 Å². The van der Waals surface area contributed by atoms with Crippen molar-refractivity contribution < 1.29 is 0 Å². The second-order valence-corrected chi connectivity index (χ2v) is 7.84. The van der Waals surface area contributed by atoms with Gasteiger partial charge in [-0.05, 0) is 25.2 Å². The first-order valence-corrected chi connectivity index (χ1v) is 9.34. The van der Waals surface area contributed by atoms with Gasteiger partial charge < -0.3 is 10.2 Å². The molecular weight excluding hydrogens is 278 g/mol. The third kappa shape index (κ3) is 4.68. The Morgan fingerprint density at radius 2 is 2.00 bits per heavy atom. The highest BCUT2D eigenvalue weighted by Gasteiger charge is 2.31. The highest BCUT2D eigenvalue weighted by Crippen LogP contribution is 2.37. The lowest BCUT2D eigenvalue weighted by Crippen LogP contribution is -2.26. The molecule has 0 amide bonds. The Morgan fingerprint density at radius 1 is 1.29 bits per heavy atom. The van der Waals surface area contributed by atoms with E-state index in [2.05, 4.69) is 44.8 Å². The topological polar surface area (TPSA) is 28.2 Å². The molecule has 1 aromatic heterocycles. The van der Waals surface area contributed by atoms with Gasteiger partial charge in [0.15, 0.2) is 5.13 Å². The number of aromatic nitrogens is 1. The summed E-state index contributed by atoms with van der Waals surface area (Å²) in [5, 5.41) is 4.81. The normalized spacial score (nSPS) is 15.2. The van der Waals surface area contributed by atoms with Crippen molar-refractivity contribution in [3.63, 3.8) is 0 Å². The molecule has 0 aliphatic heterocycles. The lowest BCUT2D eigenvalue weighted by molar-refractivity contribution is 0.588. The summed E-state index contributed by atoms with van der Waals surface area (Å²) in [6.07, 6.45) is 5.22. The Balaban J connectivity index is 2.15. The highest BCUT2D eigenvalue weighted by molar-refractivity contribution is 7.15. The number of anilines is 1. The smallest absolute Gasteiger partial charge is 0.186 e. The molecule has 120 valence electrons. The summed E-state index contributed by atoms with van der Waals surface area (Å²) in [5.74, 6) is 0.506. The zero-order valence-corrected chi connectivity index (χ0v) is 15.1. The number of nitrogens with one attached hydrogen (secondary N) is 1. The van der Waals surface area contributed by atoms with Crippen molar-refractivity contribution in [1.82, 2.24) is 10.3 Å². The molecule has 3 nitrogen and oxygen atoms in total. The fourth-order valence-corrected chi connectivity index (χ4v) is 3.76. The van der Waals surface area contributed by atoms with Crippen LogP contribution in [0.15, 0.2) is 0 Å². The fourth-order valence-electron chi connectivity index (χ4n) is 2.50. The van der Waals surface area contributed by atoms with E-state index in [0.29, 0.717) is 12.0 Å². The Morgan fingerprint density at radius 3 is 2.52 bits per heavy atom. The molecule has 0 aromatic carbocycles. The molecule has 2 rings (SSSR count). The van der Waals surface area contributed by atoms with Crippen LogP contribution in [0.4, 0.5) is 5.13 Å².